The van der Waals surface area contributed by atoms with Gasteiger partial charge in [0.1, 0.15) is 0 Å². The Labute approximate surface area is 119 Å². The molecule has 1 saturated heterocycles. The van der Waals surface area contributed by atoms with Gasteiger partial charge in [0, 0.05) is 12.8 Å². The van der Waals surface area contributed by atoms with Crippen LogP contribution in [0, 0.1) is 12.8 Å². The van der Waals surface area contributed by atoms with Crippen molar-refractivity contribution in [3.05, 3.63) is 47.1 Å². The van der Waals surface area contributed by atoms with Gasteiger partial charge in [0.15, 0.2) is 5.82 Å². The minimum atomic E-state index is 0.751. The summed E-state index contributed by atoms with van der Waals surface area (Å²) in [4.78, 5) is 4.51. The van der Waals surface area contributed by atoms with Gasteiger partial charge in [-0.25, -0.2) is 0 Å². The lowest BCUT2D eigenvalue weighted by molar-refractivity contribution is 0.361. The molecule has 1 unspecified atom stereocenters. The first-order valence-corrected chi connectivity index (χ1v) is 7.38. The molecule has 1 aliphatic heterocycles. The molecule has 2 heterocycles. The van der Waals surface area contributed by atoms with Crippen LogP contribution in [0.3, 0.4) is 0 Å². The largest absolute Gasteiger partial charge is 0.339 e. The first kappa shape index (κ1) is 13.3. The Morgan fingerprint density at radius 3 is 3.05 bits per heavy atom. The van der Waals surface area contributed by atoms with Crippen molar-refractivity contribution in [1.82, 2.24) is 15.5 Å². The van der Waals surface area contributed by atoms with Gasteiger partial charge in [0.05, 0.1) is 0 Å². The van der Waals surface area contributed by atoms with Gasteiger partial charge in [-0.15, -0.1) is 0 Å². The summed E-state index contributed by atoms with van der Waals surface area (Å²) < 4.78 is 5.36. The van der Waals surface area contributed by atoms with E-state index in [1.165, 1.54) is 17.5 Å². The molecule has 0 amide bonds. The number of nitrogens with zero attached hydrogens (tertiary/aromatic N) is 2. The second-order valence-corrected chi connectivity index (χ2v) is 5.61. The average molecular weight is 271 g/mol. The Balaban J connectivity index is 1.57. The van der Waals surface area contributed by atoms with Crippen LogP contribution in [0.4, 0.5) is 0 Å². The van der Waals surface area contributed by atoms with E-state index >= 15 is 0 Å². The number of nitrogens with one attached hydrogen (secondary N) is 1. The molecule has 1 atom stereocenters. The summed E-state index contributed by atoms with van der Waals surface area (Å²) in [6.45, 7) is 4.39. The monoisotopic (exact) mass is 271 g/mol. The highest BCUT2D eigenvalue weighted by atomic mass is 16.5. The zero-order valence-corrected chi connectivity index (χ0v) is 11.9. The van der Waals surface area contributed by atoms with Gasteiger partial charge in [0.25, 0.3) is 0 Å². The molecule has 0 spiro atoms. The molecule has 1 aromatic heterocycles. The van der Waals surface area contributed by atoms with Crippen molar-refractivity contribution in [2.75, 3.05) is 13.1 Å². The summed E-state index contributed by atoms with van der Waals surface area (Å²) in [5.41, 5.74) is 2.54. The molecule has 0 radical (unpaired) electrons. The van der Waals surface area contributed by atoms with Crippen LogP contribution in [-0.2, 0) is 12.8 Å². The summed E-state index contributed by atoms with van der Waals surface area (Å²) in [7, 11) is 0. The maximum Gasteiger partial charge on any atom is 0.226 e. The number of hydrogen-bond acceptors (Lipinski definition) is 4. The van der Waals surface area contributed by atoms with E-state index in [0.717, 1.165) is 50.0 Å². The van der Waals surface area contributed by atoms with Crippen LogP contribution in [0.15, 0.2) is 28.8 Å². The Kier molecular flexibility index (Phi) is 4.11. The molecule has 0 aliphatic carbocycles. The second kappa shape index (κ2) is 6.18. The van der Waals surface area contributed by atoms with E-state index in [-0.39, 0.29) is 0 Å². The molecule has 3 rings (SSSR count). The van der Waals surface area contributed by atoms with Crippen molar-refractivity contribution < 1.29 is 4.52 Å². The summed E-state index contributed by atoms with van der Waals surface area (Å²) >= 11 is 0. The van der Waals surface area contributed by atoms with Crippen LogP contribution in [0.5, 0.6) is 0 Å². The third-order valence-electron chi connectivity index (χ3n) is 4.05. The van der Waals surface area contributed by atoms with Crippen molar-refractivity contribution in [3.63, 3.8) is 0 Å². The van der Waals surface area contributed by atoms with Crippen molar-refractivity contribution in [3.8, 4) is 0 Å². The maximum atomic E-state index is 5.36. The molecule has 106 valence electrons. The minimum absolute atomic E-state index is 0.751. The molecule has 1 aliphatic rings. The predicted octanol–water partition coefficient (Wildman–Crippen LogP) is 2.51. The van der Waals surface area contributed by atoms with E-state index in [1.54, 1.807) is 0 Å². The van der Waals surface area contributed by atoms with Gasteiger partial charge < -0.3 is 9.84 Å². The van der Waals surface area contributed by atoms with E-state index in [9.17, 15) is 0 Å². The fourth-order valence-corrected chi connectivity index (χ4v) is 2.73. The Hall–Kier alpha value is -1.68. The SMILES string of the molecule is Cc1ccccc1Cc1noc(CCC2CCNC2)n1. The number of rotatable bonds is 5. The quantitative estimate of drug-likeness (QED) is 0.908. The number of aryl methyl sites for hydroxylation is 2. The smallest absolute Gasteiger partial charge is 0.226 e. The first-order chi connectivity index (χ1) is 9.81. The number of aromatic nitrogens is 2. The summed E-state index contributed by atoms with van der Waals surface area (Å²) in [5, 5.41) is 7.48. The molecular formula is C16H21N3O. The molecular weight excluding hydrogens is 250 g/mol. The van der Waals surface area contributed by atoms with Gasteiger partial charge in [-0.05, 0) is 49.9 Å². The summed E-state index contributed by atoms with van der Waals surface area (Å²) in [6, 6.07) is 8.34. The summed E-state index contributed by atoms with van der Waals surface area (Å²) in [5.74, 6) is 2.33. The van der Waals surface area contributed by atoms with Gasteiger partial charge in [-0.1, -0.05) is 29.4 Å². The van der Waals surface area contributed by atoms with E-state index in [0.29, 0.717) is 0 Å². The van der Waals surface area contributed by atoms with Gasteiger partial charge in [-0.2, -0.15) is 4.98 Å². The van der Waals surface area contributed by atoms with Crippen LogP contribution in [0.1, 0.15) is 35.7 Å². The number of benzene rings is 1. The lowest BCUT2D eigenvalue weighted by Gasteiger charge is -2.04. The Bertz CT molecular complexity index is 558. The van der Waals surface area contributed by atoms with Crippen molar-refractivity contribution in [2.24, 2.45) is 5.92 Å². The Morgan fingerprint density at radius 1 is 1.35 bits per heavy atom. The standard InChI is InChI=1S/C16H21N3O/c1-12-4-2-3-5-14(12)10-15-18-16(20-19-15)7-6-13-8-9-17-11-13/h2-5,13,17H,6-11H2,1H3. The van der Waals surface area contributed by atoms with Crippen molar-refractivity contribution in [2.45, 2.75) is 32.6 Å². The molecule has 1 fully saturated rings. The van der Waals surface area contributed by atoms with Crippen molar-refractivity contribution >= 4 is 0 Å². The van der Waals surface area contributed by atoms with E-state index in [1.807, 2.05) is 0 Å². The topological polar surface area (TPSA) is 51.0 Å². The lowest BCUT2D eigenvalue weighted by Crippen LogP contribution is -2.09. The van der Waals surface area contributed by atoms with Crippen LogP contribution < -0.4 is 5.32 Å². The van der Waals surface area contributed by atoms with Gasteiger partial charge >= 0.3 is 0 Å². The van der Waals surface area contributed by atoms with E-state index in [2.05, 4.69) is 46.6 Å². The minimum Gasteiger partial charge on any atom is -0.339 e. The third-order valence-corrected chi connectivity index (χ3v) is 4.05. The third kappa shape index (κ3) is 3.25. The lowest BCUT2D eigenvalue weighted by atomic mass is 10.0. The van der Waals surface area contributed by atoms with Crippen LogP contribution in [0.25, 0.3) is 0 Å². The van der Waals surface area contributed by atoms with Crippen molar-refractivity contribution in [1.29, 1.82) is 0 Å². The highest BCUT2D eigenvalue weighted by Crippen LogP contribution is 2.16. The molecule has 20 heavy (non-hydrogen) atoms. The van der Waals surface area contributed by atoms with Gasteiger partial charge in [0.2, 0.25) is 5.89 Å². The molecule has 4 nitrogen and oxygen atoms in total. The fraction of sp³-hybridized carbons (Fsp3) is 0.500. The Morgan fingerprint density at radius 2 is 2.25 bits per heavy atom. The molecule has 4 heteroatoms. The molecule has 1 aromatic carbocycles. The second-order valence-electron chi connectivity index (χ2n) is 5.61. The normalized spacial score (nSPS) is 18.6. The van der Waals surface area contributed by atoms with E-state index in [4.69, 9.17) is 4.52 Å². The zero-order valence-electron chi connectivity index (χ0n) is 11.9. The molecule has 0 saturated carbocycles. The predicted molar refractivity (Wildman–Crippen MR) is 77.6 cm³/mol. The summed E-state index contributed by atoms with van der Waals surface area (Å²) in [6.07, 6.45) is 4.05. The number of hydrogen-bond donors (Lipinski definition) is 1. The fourth-order valence-electron chi connectivity index (χ4n) is 2.73. The van der Waals surface area contributed by atoms with Gasteiger partial charge in [-0.3, -0.25) is 0 Å². The highest BCUT2D eigenvalue weighted by molar-refractivity contribution is 5.27. The maximum absolute atomic E-state index is 5.36. The van der Waals surface area contributed by atoms with Crippen LogP contribution in [-0.4, -0.2) is 23.2 Å². The highest BCUT2D eigenvalue weighted by Gasteiger charge is 2.16. The average Bonchev–Trinajstić information content (AvgIpc) is 3.10. The van der Waals surface area contributed by atoms with E-state index < -0.39 is 0 Å². The first-order valence-electron chi connectivity index (χ1n) is 7.38. The van der Waals surface area contributed by atoms with Crippen LogP contribution in [0.2, 0.25) is 0 Å². The molecule has 1 N–H and O–H groups in total. The van der Waals surface area contributed by atoms with Crippen LogP contribution >= 0.6 is 0 Å². The molecule has 2 aromatic rings. The zero-order chi connectivity index (χ0) is 13.8. The molecule has 0 bridgehead atoms.